The van der Waals surface area contributed by atoms with Crippen LogP contribution in [0, 0.1) is 24.0 Å². The van der Waals surface area contributed by atoms with Gasteiger partial charge in [-0.25, -0.2) is 0 Å². The number of amides is 1. The number of nitro benzene ring substituents is 1. The molecule has 0 aliphatic rings. The Bertz CT molecular complexity index is 743. The molecular formula is C17H18N2O4. The van der Waals surface area contributed by atoms with Crippen molar-refractivity contribution < 1.29 is 14.5 Å². The molecule has 0 fully saturated rings. The van der Waals surface area contributed by atoms with Gasteiger partial charge in [-0.2, -0.15) is 0 Å². The Kier molecular flexibility index (Phi) is 4.95. The second-order valence-electron chi connectivity index (χ2n) is 5.33. The SMILES string of the molecule is Cc1ccc(C)c(OC(C)C(=O)Nc2cccc([N+](=O)[O-])c2)c1. The Balaban J connectivity index is 2.07. The van der Waals surface area contributed by atoms with Crippen LogP contribution in [0.2, 0.25) is 0 Å². The highest BCUT2D eigenvalue weighted by Gasteiger charge is 2.17. The van der Waals surface area contributed by atoms with Crippen LogP contribution in [0.3, 0.4) is 0 Å². The summed E-state index contributed by atoms with van der Waals surface area (Å²) in [5.74, 6) is 0.276. The van der Waals surface area contributed by atoms with Crippen LogP contribution in [0.1, 0.15) is 18.1 Å². The van der Waals surface area contributed by atoms with Crippen LogP contribution in [-0.2, 0) is 4.79 Å². The van der Waals surface area contributed by atoms with E-state index in [1.54, 1.807) is 13.0 Å². The van der Waals surface area contributed by atoms with Crippen molar-refractivity contribution in [3.05, 3.63) is 63.7 Å². The second kappa shape index (κ2) is 6.91. The summed E-state index contributed by atoms with van der Waals surface area (Å²) >= 11 is 0. The number of non-ortho nitro benzene ring substituents is 1. The van der Waals surface area contributed by atoms with E-state index in [1.807, 2.05) is 32.0 Å². The molecule has 0 radical (unpaired) electrons. The van der Waals surface area contributed by atoms with Gasteiger partial charge >= 0.3 is 0 Å². The average molecular weight is 314 g/mol. The summed E-state index contributed by atoms with van der Waals surface area (Å²) in [6, 6.07) is 11.5. The third-order valence-corrected chi connectivity index (χ3v) is 3.34. The molecule has 0 aromatic heterocycles. The Morgan fingerprint density at radius 1 is 1.22 bits per heavy atom. The van der Waals surface area contributed by atoms with Gasteiger partial charge in [-0.05, 0) is 44.0 Å². The van der Waals surface area contributed by atoms with Crippen LogP contribution < -0.4 is 10.1 Å². The van der Waals surface area contributed by atoms with E-state index in [9.17, 15) is 14.9 Å². The van der Waals surface area contributed by atoms with Gasteiger partial charge in [0.1, 0.15) is 5.75 Å². The van der Waals surface area contributed by atoms with Gasteiger partial charge in [0.15, 0.2) is 6.10 Å². The third kappa shape index (κ3) is 4.29. The van der Waals surface area contributed by atoms with E-state index in [0.717, 1.165) is 11.1 Å². The molecule has 1 unspecified atom stereocenters. The van der Waals surface area contributed by atoms with E-state index in [4.69, 9.17) is 4.74 Å². The van der Waals surface area contributed by atoms with Crippen molar-refractivity contribution in [3.63, 3.8) is 0 Å². The summed E-state index contributed by atoms with van der Waals surface area (Å²) in [4.78, 5) is 22.4. The van der Waals surface area contributed by atoms with E-state index in [2.05, 4.69) is 5.32 Å². The fourth-order valence-electron chi connectivity index (χ4n) is 2.02. The van der Waals surface area contributed by atoms with Crippen LogP contribution in [0.5, 0.6) is 5.75 Å². The lowest BCUT2D eigenvalue weighted by Crippen LogP contribution is -2.30. The maximum Gasteiger partial charge on any atom is 0.271 e. The summed E-state index contributed by atoms with van der Waals surface area (Å²) in [5, 5.41) is 13.4. The monoisotopic (exact) mass is 314 g/mol. The number of ether oxygens (including phenoxy) is 1. The highest BCUT2D eigenvalue weighted by molar-refractivity contribution is 5.94. The Morgan fingerprint density at radius 2 is 1.96 bits per heavy atom. The van der Waals surface area contributed by atoms with Crippen molar-refractivity contribution in [3.8, 4) is 5.75 Å². The highest BCUT2D eigenvalue weighted by atomic mass is 16.6. The van der Waals surface area contributed by atoms with E-state index in [-0.39, 0.29) is 11.6 Å². The molecule has 1 amide bonds. The quantitative estimate of drug-likeness (QED) is 0.675. The standard InChI is InChI=1S/C17H18N2O4/c1-11-7-8-12(2)16(9-11)23-13(3)17(20)18-14-5-4-6-15(10-14)19(21)22/h4-10,13H,1-3H3,(H,18,20). The fraction of sp³-hybridized carbons (Fsp3) is 0.235. The van der Waals surface area contributed by atoms with Crippen molar-refractivity contribution in [1.82, 2.24) is 0 Å². The number of rotatable bonds is 5. The molecule has 0 aliphatic heterocycles. The molecule has 0 aliphatic carbocycles. The van der Waals surface area contributed by atoms with Crippen LogP contribution in [0.25, 0.3) is 0 Å². The number of hydrogen-bond donors (Lipinski definition) is 1. The number of hydrogen-bond acceptors (Lipinski definition) is 4. The van der Waals surface area contributed by atoms with Gasteiger partial charge in [-0.15, -0.1) is 0 Å². The Hall–Kier alpha value is -2.89. The van der Waals surface area contributed by atoms with Gasteiger partial charge in [0.2, 0.25) is 0 Å². The van der Waals surface area contributed by atoms with Gasteiger partial charge in [-0.1, -0.05) is 18.2 Å². The first-order valence-corrected chi connectivity index (χ1v) is 7.16. The molecule has 120 valence electrons. The molecule has 1 N–H and O–H groups in total. The Labute approximate surface area is 134 Å². The molecule has 23 heavy (non-hydrogen) atoms. The van der Waals surface area contributed by atoms with E-state index in [0.29, 0.717) is 11.4 Å². The van der Waals surface area contributed by atoms with E-state index >= 15 is 0 Å². The molecule has 2 rings (SSSR count). The number of aryl methyl sites for hydroxylation is 2. The minimum absolute atomic E-state index is 0.0779. The normalized spacial score (nSPS) is 11.6. The van der Waals surface area contributed by atoms with Crippen molar-refractivity contribution >= 4 is 17.3 Å². The van der Waals surface area contributed by atoms with Gasteiger partial charge in [0.25, 0.3) is 11.6 Å². The largest absolute Gasteiger partial charge is 0.481 e. The van der Waals surface area contributed by atoms with E-state index in [1.165, 1.54) is 18.2 Å². The predicted octanol–water partition coefficient (Wildman–Crippen LogP) is 3.62. The van der Waals surface area contributed by atoms with Crippen LogP contribution in [0.15, 0.2) is 42.5 Å². The molecule has 1 atom stereocenters. The van der Waals surface area contributed by atoms with Crippen molar-refractivity contribution in [2.24, 2.45) is 0 Å². The zero-order chi connectivity index (χ0) is 17.0. The van der Waals surface area contributed by atoms with Crippen LogP contribution >= 0.6 is 0 Å². The molecule has 0 spiro atoms. The first kappa shape index (κ1) is 16.5. The molecule has 0 saturated heterocycles. The topological polar surface area (TPSA) is 81.5 Å². The number of carbonyl (C=O) groups is 1. The summed E-state index contributed by atoms with van der Waals surface area (Å²) in [5.41, 5.74) is 2.26. The lowest BCUT2D eigenvalue weighted by Gasteiger charge is -2.16. The zero-order valence-electron chi connectivity index (χ0n) is 13.2. The van der Waals surface area contributed by atoms with Gasteiger partial charge in [-0.3, -0.25) is 14.9 Å². The van der Waals surface area contributed by atoms with E-state index < -0.39 is 11.0 Å². The highest BCUT2D eigenvalue weighted by Crippen LogP contribution is 2.21. The Morgan fingerprint density at radius 3 is 2.65 bits per heavy atom. The van der Waals surface area contributed by atoms with Crippen molar-refractivity contribution in [2.45, 2.75) is 26.9 Å². The minimum Gasteiger partial charge on any atom is -0.481 e. The molecular weight excluding hydrogens is 296 g/mol. The second-order valence-corrected chi connectivity index (χ2v) is 5.33. The maximum absolute atomic E-state index is 12.2. The minimum atomic E-state index is -0.727. The van der Waals surface area contributed by atoms with Gasteiger partial charge in [0, 0.05) is 17.8 Å². The smallest absolute Gasteiger partial charge is 0.271 e. The first-order chi connectivity index (χ1) is 10.9. The van der Waals surface area contributed by atoms with Crippen molar-refractivity contribution in [1.29, 1.82) is 0 Å². The molecule has 6 heteroatoms. The molecule has 0 bridgehead atoms. The molecule has 2 aromatic rings. The summed E-state index contributed by atoms with van der Waals surface area (Å²) in [7, 11) is 0. The molecule has 0 saturated carbocycles. The predicted molar refractivity (Wildman–Crippen MR) is 87.7 cm³/mol. The van der Waals surface area contributed by atoms with Crippen molar-refractivity contribution in [2.75, 3.05) is 5.32 Å². The third-order valence-electron chi connectivity index (χ3n) is 3.34. The van der Waals surface area contributed by atoms with Gasteiger partial charge in [0.05, 0.1) is 4.92 Å². The number of nitrogens with one attached hydrogen (secondary N) is 1. The number of nitro groups is 1. The number of nitrogens with zero attached hydrogens (tertiary/aromatic N) is 1. The number of carbonyl (C=O) groups excluding carboxylic acids is 1. The molecule has 2 aromatic carbocycles. The fourth-order valence-corrected chi connectivity index (χ4v) is 2.02. The summed E-state index contributed by atoms with van der Waals surface area (Å²) < 4.78 is 5.69. The number of anilines is 1. The summed E-state index contributed by atoms with van der Waals surface area (Å²) in [6.07, 6.45) is -0.727. The lowest BCUT2D eigenvalue weighted by molar-refractivity contribution is -0.384. The lowest BCUT2D eigenvalue weighted by atomic mass is 10.1. The summed E-state index contributed by atoms with van der Waals surface area (Å²) in [6.45, 7) is 5.48. The molecule has 0 heterocycles. The number of benzene rings is 2. The van der Waals surface area contributed by atoms with Crippen LogP contribution in [-0.4, -0.2) is 16.9 Å². The molecule has 6 nitrogen and oxygen atoms in total. The van der Waals surface area contributed by atoms with Crippen LogP contribution in [0.4, 0.5) is 11.4 Å². The first-order valence-electron chi connectivity index (χ1n) is 7.16. The zero-order valence-corrected chi connectivity index (χ0v) is 13.2. The average Bonchev–Trinajstić information content (AvgIpc) is 2.51. The maximum atomic E-state index is 12.2. The van der Waals surface area contributed by atoms with Gasteiger partial charge < -0.3 is 10.1 Å².